The monoisotopic (exact) mass is 558 g/mol. The van der Waals surface area contributed by atoms with Gasteiger partial charge in [0.2, 0.25) is 0 Å². The van der Waals surface area contributed by atoms with Gasteiger partial charge in [0, 0.05) is 43.2 Å². The largest absolute Gasteiger partial charge is 0.369 e. The Morgan fingerprint density at radius 3 is 1.97 bits per heavy atom. The highest BCUT2D eigenvalue weighted by molar-refractivity contribution is 6.02. The highest BCUT2D eigenvalue weighted by atomic mass is 35.5. The number of piperazine rings is 1. The molecule has 5 nitrogen and oxygen atoms in total. The molecule has 2 amide bonds. The molecule has 0 aromatic heterocycles. The van der Waals surface area contributed by atoms with Gasteiger partial charge in [0.25, 0.3) is 0 Å². The number of carbonyl (C=O) groups excluding carboxylic acids is 1. The zero-order chi connectivity index (χ0) is 25.0. The lowest BCUT2D eigenvalue weighted by molar-refractivity contribution is 0.0366. The molecule has 1 heterocycles. The summed E-state index contributed by atoms with van der Waals surface area (Å²) in [5.74, 6) is 0.323. The van der Waals surface area contributed by atoms with Crippen LogP contribution in [-0.2, 0) is 0 Å². The molecule has 0 atom stereocenters. The van der Waals surface area contributed by atoms with Crippen molar-refractivity contribution >= 4 is 47.9 Å². The molecular weight excluding hydrogens is 522 g/mol. The number of para-hydroxylation sites is 2. The van der Waals surface area contributed by atoms with Gasteiger partial charge in [0.15, 0.2) is 0 Å². The molecule has 1 saturated heterocycles. The molecule has 1 N–H and O–H groups in total. The summed E-state index contributed by atoms with van der Waals surface area (Å²) in [5.41, 5.74) is 2.31. The normalized spacial score (nSPS) is 21.5. The highest BCUT2D eigenvalue weighted by Crippen LogP contribution is 2.42. The van der Waals surface area contributed by atoms with Crippen LogP contribution in [0.1, 0.15) is 32.6 Å². The molecule has 204 valence electrons. The van der Waals surface area contributed by atoms with E-state index in [0.29, 0.717) is 11.6 Å². The van der Waals surface area contributed by atoms with Crippen LogP contribution in [-0.4, -0.2) is 42.8 Å². The molecule has 0 spiro atoms. The maximum atomic E-state index is 14.0. The summed E-state index contributed by atoms with van der Waals surface area (Å²) in [7, 11) is 0. The van der Waals surface area contributed by atoms with E-state index in [1.807, 2.05) is 35.2 Å². The second-order valence-electron chi connectivity index (χ2n) is 10.1. The standard InChI is InChI=1S/C30H35FN4O.2ClH/c1-24-16-18-30(19-17-24,34-22-20-33(21-23-34)27-8-4-2-5-9-27)35(28-10-6-3-7-11-28)29(36)32-26-14-12-25(31)13-15-26;;/h2-15,24H,16-23H2,1H3,(H,32,36);2*1H. The van der Waals surface area contributed by atoms with E-state index in [-0.39, 0.29) is 36.7 Å². The van der Waals surface area contributed by atoms with E-state index < -0.39 is 5.66 Å². The maximum Gasteiger partial charge on any atom is 0.327 e. The van der Waals surface area contributed by atoms with E-state index in [1.54, 1.807) is 12.1 Å². The molecular formula is C30H37Cl2FN4O. The Morgan fingerprint density at radius 1 is 0.842 bits per heavy atom. The van der Waals surface area contributed by atoms with Crippen LogP contribution in [0.15, 0.2) is 84.9 Å². The van der Waals surface area contributed by atoms with Crippen molar-refractivity contribution in [3.05, 3.63) is 90.7 Å². The molecule has 5 rings (SSSR count). The minimum Gasteiger partial charge on any atom is -0.369 e. The number of carbonyl (C=O) groups is 1. The lowest BCUT2D eigenvalue weighted by Gasteiger charge is -2.55. The second-order valence-corrected chi connectivity index (χ2v) is 10.1. The molecule has 8 heteroatoms. The van der Waals surface area contributed by atoms with Gasteiger partial charge in [-0.25, -0.2) is 9.18 Å². The Hall–Kier alpha value is -2.80. The molecule has 1 aliphatic carbocycles. The predicted octanol–water partition coefficient (Wildman–Crippen LogP) is 7.44. The van der Waals surface area contributed by atoms with Gasteiger partial charge in [-0.2, -0.15) is 0 Å². The molecule has 0 unspecified atom stereocenters. The van der Waals surface area contributed by atoms with Crippen molar-refractivity contribution in [1.29, 1.82) is 0 Å². The minimum absolute atomic E-state index is 0. The molecule has 0 bridgehead atoms. The number of nitrogens with zero attached hydrogens (tertiary/aromatic N) is 3. The quantitative estimate of drug-likeness (QED) is 0.353. The van der Waals surface area contributed by atoms with Gasteiger partial charge < -0.3 is 10.2 Å². The number of amides is 2. The van der Waals surface area contributed by atoms with E-state index in [1.165, 1.54) is 17.8 Å². The number of anilines is 3. The Kier molecular flexibility index (Phi) is 10.4. The van der Waals surface area contributed by atoms with Crippen LogP contribution in [0.5, 0.6) is 0 Å². The van der Waals surface area contributed by atoms with Gasteiger partial charge in [-0.1, -0.05) is 43.3 Å². The number of urea groups is 1. The fourth-order valence-corrected chi connectivity index (χ4v) is 5.76. The number of nitrogens with one attached hydrogen (secondary N) is 1. The van der Waals surface area contributed by atoms with Gasteiger partial charge >= 0.3 is 6.03 Å². The second kappa shape index (κ2) is 13.3. The van der Waals surface area contributed by atoms with Crippen LogP contribution in [0.4, 0.5) is 26.2 Å². The van der Waals surface area contributed by atoms with Crippen molar-refractivity contribution in [3.8, 4) is 0 Å². The van der Waals surface area contributed by atoms with Gasteiger partial charge in [0.05, 0.1) is 0 Å². The van der Waals surface area contributed by atoms with E-state index in [2.05, 4.69) is 52.4 Å². The van der Waals surface area contributed by atoms with Crippen LogP contribution in [0, 0.1) is 11.7 Å². The van der Waals surface area contributed by atoms with Gasteiger partial charge in [0.1, 0.15) is 11.5 Å². The van der Waals surface area contributed by atoms with Crippen molar-refractivity contribution in [2.45, 2.75) is 38.3 Å². The molecule has 1 saturated carbocycles. The first-order valence-corrected chi connectivity index (χ1v) is 13.0. The lowest BCUT2D eigenvalue weighted by Crippen LogP contribution is -2.68. The van der Waals surface area contributed by atoms with E-state index in [4.69, 9.17) is 0 Å². The zero-order valence-corrected chi connectivity index (χ0v) is 23.4. The lowest BCUT2D eigenvalue weighted by atomic mass is 9.80. The molecule has 38 heavy (non-hydrogen) atoms. The first-order chi connectivity index (χ1) is 17.5. The van der Waals surface area contributed by atoms with Crippen LogP contribution >= 0.6 is 24.8 Å². The molecule has 1 aliphatic heterocycles. The summed E-state index contributed by atoms with van der Waals surface area (Å²) in [5, 5.41) is 3.06. The van der Waals surface area contributed by atoms with Crippen molar-refractivity contribution in [2.75, 3.05) is 41.3 Å². The maximum absolute atomic E-state index is 14.0. The van der Waals surface area contributed by atoms with Crippen molar-refractivity contribution in [2.24, 2.45) is 5.92 Å². The van der Waals surface area contributed by atoms with Gasteiger partial charge in [-0.3, -0.25) is 9.80 Å². The van der Waals surface area contributed by atoms with E-state index in [9.17, 15) is 9.18 Å². The average molecular weight is 560 g/mol. The SMILES string of the molecule is CC1CCC(N2CCN(c3ccccc3)CC2)(N(C(=O)Nc2ccc(F)cc2)c2ccccc2)CC1.Cl.Cl. The minimum atomic E-state index is -0.416. The number of benzene rings is 3. The Morgan fingerprint density at radius 2 is 1.39 bits per heavy atom. The average Bonchev–Trinajstić information content (AvgIpc) is 2.93. The summed E-state index contributed by atoms with van der Waals surface area (Å²) >= 11 is 0. The van der Waals surface area contributed by atoms with Crippen LogP contribution in [0.3, 0.4) is 0 Å². The number of rotatable bonds is 5. The first kappa shape index (κ1) is 29.8. The van der Waals surface area contributed by atoms with Crippen LogP contribution in [0.2, 0.25) is 0 Å². The fraction of sp³-hybridized carbons (Fsp3) is 0.367. The molecule has 3 aromatic rings. The number of halogens is 3. The summed E-state index contributed by atoms with van der Waals surface area (Å²) in [4.78, 5) is 21.0. The van der Waals surface area contributed by atoms with Crippen LogP contribution < -0.4 is 15.1 Å². The third kappa shape index (κ3) is 6.42. The molecule has 2 fully saturated rings. The van der Waals surface area contributed by atoms with Gasteiger partial charge in [-0.05, 0) is 80.1 Å². The van der Waals surface area contributed by atoms with Crippen molar-refractivity contribution in [1.82, 2.24) is 4.90 Å². The van der Waals surface area contributed by atoms with E-state index >= 15 is 0 Å². The Balaban J connectivity index is 0.00000200. The first-order valence-electron chi connectivity index (χ1n) is 13.0. The van der Waals surface area contributed by atoms with Crippen molar-refractivity contribution < 1.29 is 9.18 Å². The predicted molar refractivity (Wildman–Crippen MR) is 159 cm³/mol. The van der Waals surface area contributed by atoms with Crippen LogP contribution in [0.25, 0.3) is 0 Å². The summed E-state index contributed by atoms with van der Waals surface area (Å²) < 4.78 is 13.5. The number of hydrogen-bond donors (Lipinski definition) is 1. The molecule has 3 aromatic carbocycles. The zero-order valence-electron chi connectivity index (χ0n) is 21.8. The van der Waals surface area contributed by atoms with E-state index in [0.717, 1.165) is 57.5 Å². The topological polar surface area (TPSA) is 38.8 Å². The van der Waals surface area contributed by atoms with Gasteiger partial charge in [-0.15, -0.1) is 24.8 Å². The van der Waals surface area contributed by atoms with Crippen molar-refractivity contribution in [3.63, 3.8) is 0 Å². The molecule has 2 aliphatic rings. The highest BCUT2D eigenvalue weighted by Gasteiger charge is 2.48. The Bertz CT molecular complexity index is 1130. The third-order valence-electron chi connectivity index (χ3n) is 7.79. The number of hydrogen-bond acceptors (Lipinski definition) is 3. The summed E-state index contributed by atoms with van der Waals surface area (Å²) in [6.45, 7) is 5.92. The Labute approximate surface area is 237 Å². The molecule has 0 radical (unpaired) electrons. The fourth-order valence-electron chi connectivity index (χ4n) is 5.76. The smallest absolute Gasteiger partial charge is 0.327 e. The summed E-state index contributed by atoms with van der Waals surface area (Å²) in [6.07, 6.45) is 3.99. The summed E-state index contributed by atoms with van der Waals surface area (Å²) in [6, 6.07) is 26.4. The third-order valence-corrected chi connectivity index (χ3v) is 7.79.